The Morgan fingerprint density at radius 1 is 1.19 bits per heavy atom. The predicted octanol–water partition coefficient (Wildman–Crippen LogP) is 2.70. The number of carbonyl (C=O) groups is 1. The molecule has 1 aliphatic carbocycles. The fourth-order valence-corrected chi connectivity index (χ4v) is 3.36. The minimum absolute atomic E-state index is 0.211. The van der Waals surface area contributed by atoms with Crippen molar-refractivity contribution in [3.63, 3.8) is 0 Å². The molecule has 0 atom stereocenters. The van der Waals surface area contributed by atoms with E-state index in [9.17, 15) is 4.79 Å². The van der Waals surface area contributed by atoms with Gasteiger partial charge in [0.15, 0.2) is 0 Å². The Balaban J connectivity index is 1.37. The standard InChI is InChI=1S/C19H25N5O2/c1-13(2)18-21-17(22-26-18)15-6-7-16(20-12-15)23-8-10-24(11-9-23)19(25)14-4-3-5-14/h6-7,12-14H,3-5,8-11H2,1-2H3. The Morgan fingerprint density at radius 3 is 2.50 bits per heavy atom. The van der Waals surface area contributed by atoms with E-state index >= 15 is 0 Å². The van der Waals surface area contributed by atoms with Crippen molar-refractivity contribution < 1.29 is 9.32 Å². The van der Waals surface area contributed by atoms with E-state index in [0.717, 1.165) is 50.4 Å². The van der Waals surface area contributed by atoms with E-state index in [1.54, 1.807) is 6.20 Å². The Hall–Kier alpha value is -2.44. The van der Waals surface area contributed by atoms with Gasteiger partial charge < -0.3 is 14.3 Å². The molecule has 138 valence electrons. The van der Waals surface area contributed by atoms with Crippen molar-refractivity contribution in [3.8, 4) is 11.4 Å². The Labute approximate surface area is 153 Å². The summed E-state index contributed by atoms with van der Waals surface area (Å²) in [6, 6.07) is 3.97. The van der Waals surface area contributed by atoms with E-state index in [4.69, 9.17) is 4.52 Å². The molecule has 2 aromatic rings. The Morgan fingerprint density at radius 2 is 1.96 bits per heavy atom. The minimum Gasteiger partial charge on any atom is -0.353 e. The summed E-state index contributed by atoms with van der Waals surface area (Å²) in [4.78, 5) is 25.6. The highest BCUT2D eigenvalue weighted by Crippen LogP contribution is 2.29. The molecule has 1 saturated carbocycles. The second-order valence-electron chi connectivity index (χ2n) is 7.46. The van der Waals surface area contributed by atoms with Gasteiger partial charge in [-0.3, -0.25) is 4.79 Å². The molecule has 0 radical (unpaired) electrons. The summed E-state index contributed by atoms with van der Waals surface area (Å²) in [6.07, 6.45) is 5.12. The van der Waals surface area contributed by atoms with Crippen molar-refractivity contribution in [2.75, 3.05) is 31.1 Å². The van der Waals surface area contributed by atoms with Crippen molar-refractivity contribution in [3.05, 3.63) is 24.2 Å². The first-order valence-corrected chi connectivity index (χ1v) is 9.45. The van der Waals surface area contributed by atoms with Crippen LogP contribution in [0.25, 0.3) is 11.4 Å². The van der Waals surface area contributed by atoms with E-state index in [0.29, 0.717) is 17.6 Å². The molecule has 4 rings (SSSR count). The molecule has 1 amide bonds. The van der Waals surface area contributed by atoms with Crippen LogP contribution in [0.3, 0.4) is 0 Å². The molecule has 1 aliphatic heterocycles. The van der Waals surface area contributed by atoms with Gasteiger partial charge in [0.05, 0.1) is 0 Å². The average Bonchev–Trinajstić information content (AvgIpc) is 3.11. The van der Waals surface area contributed by atoms with Crippen molar-refractivity contribution >= 4 is 11.7 Å². The first-order chi connectivity index (χ1) is 12.6. The molecule has 2 fully saturated rings. The van der Waals surface area contributed by atoms with Crippen LogP contribution in [0.15, 0.2) is 22.9 Å². The van der Waals surface area contributed by atoms with Crippen molar-refractivity contribution in [1.29, 1.82) is 0 Å². The summed E-state index contributed by atoms with van der Waals surface area (Å²) in [7, 11) is 0. The van der Waals surface area contributed by atoms with Gasteiger partial charge in [0.25, 0.3) is 0 Å². The zero-order chi connectivity index (χ0) is 18.1. The SMILES string of the molecule is CC(C)c1nc(-c2ccc(N3CCN(C(=O)C4CCC4)CC3)nc2)no1. The number of hydrogen-bond donors (Lipinski definition) is 0. The van der Waals surface area contributed by atoms with E-state index < -0.39 is 0 Å². The Bertz CT molecular complexity index is 758. The molecule has 0 spiro atoms. The molecule has 1 saturated heterocycles. The van der Waals surface area contributed by atoms with Crippen LogP contribution in [0.2, 0.25) is 0 Å². The van der Waals surface area contributed by atoms with E-state index in [1.807, 2.05) is 30.9 Å². The van der Waals surface area contributed by atoms with E-state index in [-0.39, 0.29) is 11.8 Å². The molecule has 3 heterocycles. The third kappa shape index (κ3) is 3.30. The van der Waals surface area contributed by atoms with E-state index in [2.05, 4.69) is 20.0 Å². The van der Waals surface area contributed by atoms with Crippen LogP contribution < -0.4 is 4.90 Å². The van der Waals surface area contributed by atoms with Crippen LogP contribution in [0.1, 0.15) is 44.9 Å². The highest BCUT2D eigenvalue weighted by molar-refractivity contribution is 5.79. The molecule has 7 heteroatoms. The van der Waals surface area contributed by atoms with Gasteiger partial charge in [-0.25, -0.2) is 4.98 Å². The maximum atomic E-state index is 12.3. The lowest BCUT2D eigenvalue weighted by Crippen LogP contribution is -2.51. The molecular formula is C19H25N5O2. The topological polar surface area (TPSA) is 75.4 Å². The average molecular weight is 355 g/mol. The minimum atomic E-state index is 0.211. The van der Waals surface area contributed by atoms with Crippen LogP contribution in [-0.4, -0.2) is 52.1 Å². The molecule has 0 aromatic carbocycles. The number of piperazine rings is 1. The van der Waals surface area contributed by atoms with Gasteiger partial charge in [-0.2, -0.15) is 4.98 Å². The second-order valence-corrected chi connectivity index (χ2v) is 7.46. The maximum absolute atomic E-state index is 12.3. The maximum Gasteiger partial charge on any atom is 0.229 e. The third-order valence-electron chi connectivity index (χ3n) is 5.31. The lowest BCUT2D eigenvalue weighted by atomic mass is 9.84. The number of nitrogens with zero attached hydrogens (tertiary/aromatic N) is 5. The number of pyridine rings is 1. The number of anilines is 1. The summed E-state index contributed by atoms with van der Waals surface area (Å²) in [5, 5.41) is 4.03. The summed E-state index contributed by atoms with van der Waals surface area (Å²) in [5.74, 6) is 2.97. The van der Waals surface area contributed by atoms with Gasteiger partial charge in [0.2, 0.25) is 17.6 Å². The first kappa shape index (κ1) is 17.0. The summed E-state index contributed by atoms with van der Waals surface area (Å²) >= 11 is 0. The number of rotatable bonds is 4. The predicted molar refractivity (Wildman–Crippen MR) is 97.8 cm³/mol. The van der Waals surface area contributed by atoms with Crippen molar-refractivity contribution in [1.82, 2.24) is 20.0 Å². The molecule has 2 aromatic heterocycles. The highest BCUT2D eigenvalue weighted by Gasteiger charge is 2.31. The zero-order valence-electron chi connectivity index (χ0n) is 15.4. The molecule has 26 heavy (non-hydrogen) atoms. The van der Waals surface area contributed by atoms with Gasteiger partial charge >= 0.3 is 0 Å². The lowest BCUT2D eigenvalue weighted by molar-refractivity contribution is -0.138. The number of amides is 1. The van der Waals surface area contributed by atoms with Gasteiger partial charge in [0.1, 0.15) is 5.82 Å². The van der Waals surface area contributed by atoms with Crippen molar-refractivity contribution in [2.45, 2.75) is 39.0 Å². The molecule has 0 unspecified atom stereocenters. The van der Waals surface area contributed by atoms with Crippen molar-refractivity contribution in [2.24, 2.45) is 5.92 Å². The normalized spacial score (nSPS) is 18.3. The first-order valence-electron chi connectivity index (χ1n) is 9.45. The second kappa shape index (κ2) is 7.05. The monoisotopic (exact) mass is 355 g/mol. The van der Waals surface area contributed by atoms with Crippen LogP contribution in [0.4, 0.5) is 5.82 Å². The van der Waals surface area contributed by atoms with E-state index in [1.165, 1.54) is 6.42 Å². The molecule has 0 N–H and O–H groups in total. The molecule has 7 nitrogen and oxygen atoms in total. The number of hydrogen-bond acceptors (Lipinski definition) is 6. The van der Waals surface area contributed by atoms with Crippen LogP contribution in [0.5, 0.6) is 0 Å². The smallest absolute Gasteiger partial charge is 0.229 e. The lowest BCUT2D eigenvalue weighted by Gasteiger charge is -2.38. The zero-order valence-corrected chi connectivity index (χ0v) is 15.4. The molecular weight excluding hydrogens is 330 g/mol. The highest BCUT2D eigenvalue weighted by atomic mass is 16.5. The third-order valence-corrected chi connectivity index (χ3v) is 5.31. The van der Waals surface area contributed by atoms with Crippen LogP contribution in [-0.2, 0) is 4.79 Å². The summed E-state index contributed by atoms with van der Waals surface area (Å²) in [5.41, 5.74) is 0.850. The Kier molecular flexibility index (Phi) is 4.61. The van der Waals surface area contributed by atoms with Gasteiger partial charge in [-0.1, -0.05) is 25.4 Å². The van der Waals surface area contributed by atoms with Crippen LogP contribution >= 0.6 is 0 Å². The summed E-state index contributed by atoms with van der Waals surface area (Å²) < 4.78 is 5.26. The van der Waals surface area contributed by atoms with Gasteiger partial charge in [-0.05, 0) is 25.0 Å². The van der Waals surface area contributed by atoms with Gasteiger partial charge in [-0.15, -0.1) is 0 Å². The molecule has 0 bridgehead atoms. The fraction of sp³-hybridized carbons (Fsp3) is 0.579. The quantitative estimate of drug-likeness (QED) is 0.839. The number of aromatic nitrogens is 3. The number of carbonyl (C=O) groups excluding carboxylic acids is 1. The fourth-order valence-electron chi connectivity index (χ4n) is 3.36. The van der Waals surface area contributed by atoms with Crippen LogP contribution in [0, 0.1) is 5.92 Å². The van der Waals surface area contributed by atoms with Gasteiger partial charge in [0, 0.05) is 49.8 Å². The molecule has 2 aliphatic rings. The largest absolute Gasteiger partial charge is 0.353 e. The summed E-state index contributed by atoms with van der Waals surface area (Å²) in [6.45, 7) is 7.25.